The summed E-state index contributed by atoms with van der Waals surface area (Å²) in [4.78, 5) is 17.6. The lowest BCUT2D eigenvalue weighted by atomic mass is 10.0. The van der Waals surface area contributed by atoms with Crippen molar-refractivity contribution in [2.75, 3.05) is 7.11 Å². The largest absolute Gasteiger partial charge is 0.497 e. The monoisotopic (exact) mass is 432 g/mol. The third kappa shape index (κ3) is 7.23. The van der Waals surface area contributed by atoms with Gasteiger partial charge in [0.05, 0.1) is 7.11 Å². The Kier molecular flexibility index (Phi) is 8.61. The van der Waals surface area contributed by atoms with Crippen LogP contribution in [0.1, 0.15) is 35.8 Å². The first-order chi connectivity index (χ1) is 15.2. The Labute approximate surface area is 188 Å². The minimum atomic E-state index is -0.0783. The average molecular weight is 433 g/mol. The second-order valence-electron chi connectivity index (χ2n) is 7.31. The molecule has 1 amide bonds. The predicted molar refractivity (Wildman–Crippen MR) is 128 cm³/mol. The number of nitrogens with zero attached hydrogens (tertiary/aromatic N) is 1. The van der Waals surface area contributed by atoms with Crippen molar-refractivity contribution < 1.29 is 9.53 Å². The van der Waals surface area contributed by atoms with Crippen molar-refractivity contribution in [1.29, 1.82) is 0 Å². The maximum Gasteiger partial charge on any atom is 0.244 e. The summed E-state index contributed by atoms with van der Waals surface area (Å²) in [5.74, 6) is 0.743. The molecule has 1 aromatic carbocycles. The number of methoxy groups -OCH3 is 1. The molecule has 0 saturated heterocycles. The molecule has 1 atom stereocenters. The van der Waals surface area contributed by atoms with Crippen molar-refractivity contribution in [3.05, 3.63) is 101 Å². The Morgan fingerprint density at radius 2 is 2.03 bits per heavy atom. The van der Waals surface area contributed by atoms with Gasteiger partial charge < -0.3 is 10.1 Å². The number of amides is 1. The molecule has 31 heavy (non-hydrogen) atoms. The summed E-state index contributed by atoms with van der Waals surface area (Å²) in [7, 11) is 1.66. The van der Waals surface area contributed by atoms with Crippen molar-refractivity contribution in [3.8, 4) is 5.75 Å². The number of carbonyl (C=O) groups excluding carboxylic acids is 1. The number of carbonyl (C=O) groups is 1. The molecule has 0 aliphatic carbocycles. The molecule has 1 unspecified atom stereocenters. The van der Waals surface area contributed by atoms with E-state index >= 15 is 0 Å². The first kappa shape index (κ1) is 22.5. The highest BCUT2D eigenvalue weighted by Crippen LogP contribution is 2.28. The Bertz CT molecular complexity index is 994. The second-order valence-corrected chi connectivity index (χ2v) is 8.26. The van der Waals surface area contributed by atoms with Crippen LogP contribution >= 0.6 is 11.3 Å². The maximum atomic E-state index is 12.3. The van der Waals surface area contributed by atoms with Crippen molar-refractivity contribution in [2.45, 2.75) is 32.2 Å². The molecule has 5 heteroatoms. The molecule has 0 aliphatic heterocycles. The summed E-state index contributed by atoms with van der Waals surface area (Å²) in [6.07, 6.45) is 12.0. The van der Waals surface area contributed by atoms with Crippen LogP contribution in [0.15, 0.2) is 84.5 Å². The number of benzene rings is 1. The second kappa shape index (κ2) is 11.9. The molecule has 4 nitrogen and oxygen atoms in total. The molecular weight excluding hydrogens is 404 g/mol. The fourth-order valence-corrected chi connectivity index (χ4v) is 4.05. The van der Waals surface area contributed by atoms with E-state index in [2.05, 4.69) is 27.8 Å². The number of aryl methyl sites for hydroxylation is 1. The number of hydrogen-bond donors (Lipinski definition) is 1. The Hall–Kier alpha value is -3.18. The minimum Gasteiger partial charge on any atom is -0.497 e. The summed E-state index contributed by atoms with van der Waals surface area (Å²) in [6, 6.07) is 16.2. The number of allylic oxidation sites excluding steroid dienone is 2. The molecule has 0 fully saturated rings. The molecule has 0 spiro atoms. The molecule has 0 aliphatic rings. The normalized spacial score (nSPS) is 12.6. The molecule has 160 valence electrons. The molecule has 3 aromatic rings. The van der Waals surface area contributed by atoms with E-state index in [1.807, 2.05) is 61.7 Å². The minimum absolute atomic E-state index is 0.0783. The van der Waals surface area contributed by atoms with Crippen molar-refractivity contribution >= 4 is 22.8 Å². The average Bonchev–Trinajstić information content (AvgIpc) is 3.32. The van der Waals surface area contributed by atoms with Crippen LogP contribution in [0.5, 0.6) is 5.75 Å². The maximum absolute atomic E-state index is 12.3. The van der Waals surface area contributed by atoms with Gasteiger partial charge in [0.2, 0.25) is 5.91 Å². The van der Waals surface area contributed by atoms with Gasteiger partial charge in [-0.25, -0.2) is 0 Å². The van der Waals surface area contributed by atoms with Gasteiger partial charge in [0.25, 0.3) is 0 Å². The third-order valence-electron chi connectivity index (χ3n) is 4.91. The summed E-state index contributed by atoms with van der Waals surface area (Å²) >= 11 is 1.67. The lowest BCUT2D eigenvalue weighted by molar-refractivity contribution is -0.117. The number of thiophene rings is 1. The zero-order valence-corrected chi connectivity index (χ0v) is 18.8. The number of nitrogens with one attached hydrogen (secondary N) is 1. The lowest BCUT2D eigenvalue weighted by Gasteiger charge is -2.12. The quantitative estimate of drug-likeness (QED) is 0.332. The first-order valence-corrected chi connectivity index (χ1v) is 11.3. The molecule has 2 aromatic heterocycles. The zero-order valence-electron chi connectivity index (χ0n) is 18.0. The van der Waals surface area contributed by atoms with Gasteiger partial charge in [0.15, 0.2) is 0 Å². The van der Waals surface area contributed by atoms with Gasteiger partial charge in [-0.2, -0.15) is 0 Å². The van der Waals surface area contributed by atoms with E-state index < -0.39 is 0 Å². The Morgan fingerprint density at radius 1 is 1.19 bits per heavy atom. The van der Waals surface area contributed by atoms with Gasteiger partial charge in [-0.05, 0) is 72.5 Å². The smallest absolute Gasteiger partial charge is 0.244 e. The van der Waals surface area contributed by atoms with E-state index in [0.717, 1.165) is 41.0 Å². The van der Waals surface area contributed by atoms with E-state index in [0.29, 0.717) is 0 Å². The van der Waals surface area contributed by atoms with E-state index in [1.165, 1.54) is 5.56 Å². The van der Waals surface area contributed by atoms with Crippen LogP contribution < -0.4 is 10.1 Å². The summed E-state index contributed by atoms with van der Waals surface area (Å²) < 4.78 is 5.26. The lowest BCUT2D eigenvalue weighted by Crippen LogP contribution is -2.31. The van der Waals surface area contributed by atoms with Crippen LogP contribution in [0.4, 0.5) is 0 Å². The third-order valence-corrected chi connectivity index (χ3v) is 5.82. The SMILES string of the molecule is COc1ccc(/C(=C/C=C/C(=O)NC(C)CCCc2cccnc2)c2cccs2)cc1. The molecule has 1 N–H and O–H groups in total. The van der Waals surface area contributed by atoms with Crippen LogP contribution in [-0.2, 0) is 11.2 Å². The predicted octanol–water partition coefficient (Wildman–Crippen LogP) is 5.67. The molecular formula is C26H28N2O2S. The van der Waals surface area contributed by atoms with Crippen molar-refractivity contribution in [2.24, 2.45) is 0 Å². The van der Waals surface area contributed by atoms with Gasteiger partial charge in [-0.1, -0.05) is 36.4 Å². The Balaban J connectivity index is 1.56. The number of rotatable bonds is 10. The summed E-state index contributed by atoms with van der Waals surface area (Å²) in [5.41, 5.74) is 3.38. The van der Waals surface area contributed by atoms with Gasteiger partial charge >= 0.3 is 0 Å². The standard InChI is InChI=1S/C26H28N2O2S/c1-20(7-3-8-21-9-5-17-27-19-21)28-26(29)12-4-10-24(25-11-6-18-31-25)22-13-15-23(30-2)16-14-22/h4-6,9-20H,3,7-8H2,1-2H3,(H,28,29)/b12-4+,24-10-. The van der Waals surface area contributed by atoms with Crippen LogP contribution in [0, 0.1) is 0 Å². The van der Waals surface area contributed by atoms with Crippen LogP contribution in [0.25, 0.3) is 5.57 Å². The number of aromatic nitrogens is 1. The molecule has 0 bridgehead atoms. The van der Waals surface area contributed by atoms with Gasteiger partial charge in [-0.3, -0.25) is 9.78 Å². The fraction of sp³-hybridized carbons (Fsp3) is 0.231. The summed E-state index contributed by atoms with van der Waals surface area (Å²) in [6.45, 7) is 2.04. The number of ether oxygens (including phenoxy) is 1. The molecule has 2 heterocycles. The van der Waals surface area contributed by atoms with Gasteiger partial charge in [0, 0.05) is 29.4 Å². The highest BCUT2D eigenvalue weighted by molar-refractivity contribution is 7.11. The number of pyridine rings is 1. The fourth-order valence-electron chi connectivity index (χ4n) is 3.28. The van der Waals surface area contributed by atoms with Crippen LogP contribution in [0.3, 0.4) is 0 Å². The molecule has 0 saturated carbocycles. The number of hydrogen-bond acceptors (Lipinski definition) is 4. The van der Waals surface area contributed by atoms with E-state index in [9.17, 15) is 4.79 Å². The van der Waals surface area contributed by atoms with E-state index in [1.54, 1.807) is 30.7 Å². The first-order valence-electron chi connectivity index (χ1n) is 10.4. The topological polar surface area (TPSA) is 51.2 Å². The Morgan fingerprint density at radius 3 is 2.71 bits per heavy atom. The molecule has 3 rings (SSSR count). The summed E-state index contributed by atoms with van der Waals surface area (Å²) in [5, 5.41) is 5.10. The van der Waals surface area contributed by atoms with E-state index in [-0.39, 0.29) is 11.9 Å². The zero-order chi connectivity index (χ0) is 21.9. The van der Waals surface area contributed by atoms with Crippen LogP contribution in [-0.4, -0.2) is 24.0 Å². The highest BCUT2D eigenvalue weighted by Gasteiger charge is 2.07. The van der Waals surface area contributed by atoms with Crippen molar-refractivity contribution in [1.82, 2.24) is 10.3 Å². The van der Waals surface area contributed by atoms with Gasteiger partial charge in [-0.15, -0.1) is 11.3 Å². The molecule has 0 radical (unpaired) electrons. The van der Waals surface area contributed by atoms with Gasteiger partial charge in [0.1, 0.15) is 5.75 Å². The van der Waals surface area contributed by atoms with Crippen LogP contribution in [0.2, 0.25) is 0 Å². The highest BCUT2D eigenvalue weighted by atomic mass is 32.1. The van der Waals surface area contributed by atoms with Crippen molar-refractivity contribution in [3.63, 3.8) is 0 Å². The van der Waals surface area contributed by atoms with E-state index in [4.69, 9.17) is 4.74 Å².